The Labute approximate surface area is 133 Å². The SMILES string of the molecule is CCOC(=O)C1CCC(N(C(=O)OC(C)(C)C)C2CC2)CC1. The first-order valence-corrected chi connectivity index (χ1v) is 8.49. The van der Waals surface area contributed by atoms with E-state index in [1.54, 1.807) is 0 Å². The minimum Gasteiger partial charge on any atom is -0.466 e. The van der Waals surface area contributed by atoms with Crippen LogP contribution in [-0.4, -0.2) is 41.3 Å². The van der Waals surface area contributed by atoms with Gasteiger partial charge in [0, 0.05) is 12.1 Å². The molecule has 0 aromatic carbocycles. The first-order valence-electron chi connectivity index (χ1n) is 8.49. The van der Waals surface area contributed by atoms with E-state index < -0.39 is 5.60 Å². The largest absolute Gasteiger partial charge is 0.466 e. The summed E-state index contributed by atoms with van der Waals surface area (Å²) in [6.45, 7) is 7.96. The van der Waals surface area contributed by atoms with E-state index in [0.29, 0.717) is 12.6 Å². The molecule has 2 aliphatic carbocycles. The maximum absolute atomic E-state index is 12.5. The van der Waals surface area contributed by atoms with Gasteiger partial charge in [-0.1, -0.05) is 0 Å². The Balaban J connectivity index is 1.92. The molecule has 0 radical (unpaired) electrons. The number of carbonyl (C=O) groups is 2. The lowest BCUT2D eigenvalue weighted by Gasteiger charge is -2.37. The van der Waals surface area contributed by atoms with Crippen LogP contribution in [-0.2, 0) is 14.3 Å². The molecule has 5 nitrogen and oxygen atoms in total. The van der Waals surface area contributed by atoms with Crippen LogP contribution < -0.4 is 0 Å². The molecule has 0 bridgehead atoms. The smallest absolute Gasteiger partial charge is 0.410 e. The molecule has 0 aromatic rings. The van der Waals surface area contributed by atoms with Gasteiger partial charge in [-0.3, -0.25) is 4.79 Å². The van der Waals surface area contributed by atoms with E-state index in [9.17, 15) is 9.59 Å². The Morgan fingerprint density at radius 1 is 1.00 bits per heavy atom. The topological polar surface area (TPSA) is 55.8 Å². The van der Waals surface area contributed by atoms with Crippen molar-refractivity contribution in [2.24, 2.45) is 5.92 Å². The Morgan fingerprint density at radius 3 is 1.91 bits per heavy atom. The monoisotopic (exact) mass is 311 g/mol. The van der Waals surface area contributed by atoms with E-state index in [0.717, 1.165) is 38.5 Å². The zero-order chi connectivity index (χ0) is 16.3. The lowest BCUT2D eigenvalue weighted by molar-refractivity contribution is -0.149. The first kappa shape index (κ1) is 17.1. The quantitative estimate of drug-likeness (QED) is 0.746. The molecule has 0 atom stereocenters. The maximum Gasteiger partial charge on any atom is 0.410 e. The predicted molar refractivity (Wildman–Crippen MR) is 83.5 cm³/mol. The summed E-state index contributed by atoms with van der Waals surface area (Å²) in [5.41, 5.74) is -0.466. The summed E-state index contributed by atoms with van der Waals surface area (Å²) in [7, 11) is 0. The summed E-state index contributed by atoms with van der Waals surface area (Å²) in [6.07, 6.45) is 5.26. The Morgan fingerprint density at radius 2 is 1.50 bits per heavy atom. The van der Waals surface area contributed by atoms with Crippen LogP contribution in [0.4, 0.5) is 4.79 Å². The van der Waals surface area contributed by atoms with Gasteiger partial charge in [-0.05, 0) is 66.2 Å². The molecule has 126 valence electrons. The fourth-order valence-electron chi connectivity index (χ4n) is 3.11. The van der Waals surface area contributed by atoms with Gasteiger partial charge in [0.1, 0.15) is 5.60 Å². The van der Waals surface area contributed by atoms with Crippen molar-refractivity contribution in [1.82, 2.24) is 4.90 Å². The highest BCUT2D eigenvalue weighted by molar-refractivity contribution is 5.73. The summed E-state index contributed by atoms with van der Waals surface area (Å²) in [5, 5.41) is 0. The van der Waals surface area contributed by atoms with Gasteiger partial charge in [-0.15, -0.1) is 0 Å². The van der Waals surface area contributed by atoms with Crippen LogP contribution in [0.3, 0.4) is 0 Å². The van der Waals surface area contributed by atoms with E-state index in [1.807, 2.05) is 32.6 Å². The maximum atomic E-state index is 12.5. The van der Waals surface area contributed by atoms with E-state index in [4.69, 9.17) is 9.47 Å². The average Bonchev–Trinajstić information content (AvgIpc) is 3.22. The van der Waals surface area contributed by atoms with Gasteiger partial charge >= 0.3 is 12.1 Å². The predicted octanol–water partition coefficient (Wildman–Crippen LogP) is 3.51. The summed E-state index contributed by atoms with van der Waals surface area (Å²) in [6, 6.07) is 0.534. The number of hydrogen-bond acceptors (Lipinski definition) is 4. The number of carbonyl (C=O) groups excluding carboxylic acids is 2. The van der Waals surface area contributed by atoms with Crippen molar-refractivity contribution in [3.05, 3.63) is 0 Å². The normalized spacial score (nSPS) is 25.5. The molecule has 0 heterocycles. The van der Waals surface area contributed by atoms with Crippen molar-refractivity contribution >= 4 is 12.1 Å². The minimum atomic E-state index is -0.466. The standard InChI is InChI=1S/C17H29NO4/c1-5-21-15(19)12-6-8-13(9-7-12)18(14-10-11-14)16(20)22-17(2,3)4/h12-14H,5-11H2,1-4H3. The Bertz CT molecular complexity index is 403. The summed E-state index contributed by atoms with van der Waals surface area (Å²) < 4.78 is 10.7. The van der Waals surface area contributed by atoms with Crippen LogP contribution in [0.15, 0.2) is 0 Å². The highest BCUT2D eigenvalue weighted by Crippen LogP contribution is 2.36. The van der Waals surface area contributed by atoms with Crippen molar-refractivity contribution < 1.29 is 19.1 Å². The Kier molecular flexibility index (Phi) is 5.35. The second-order valence-electron chi connectivity index (χ2n) is 7.38. The number of hydrogen-bond donors (Lipinski definition) is 0. The van der Waals surface area contributed by atoms with Gasteiger partial charge in [0.15, 0.2) is 0 Å². The number of esters is 1. The minimum absolute atomic E-state index is 0.00381. The lowest BCUT2D eigenvalue weighted by Crippen LogP contribution is -2.46. The highest BCUT2D eigenvalue weighted by atomic mass is 16.6. The van der Waals surface area contributed by atoms with Crippen LogP contribution in [0.1, 0.15) is 66.2 Å². The Hall–Kier alpha value is -1.26. The van der Waals surface area contributed by atoms with Gasteiger partial charge in [0.25, 0.3) is 0 Å². The second kappa shape index (κ2) is 6.88. The van der Waals surface area contributed by atoms with E-state index in [1.165, 1.54) is 0 Å². The fourth-order valence-corrected chi connectivity index (χ4v) is 3.11. The number of rotatable bonds is 4. The zero-order valence-corrected chi connectivity index (χ0v) is 14.3. The van der Waals surface area contributed by atoms with E-state index >= 15 is 0 Å². The molecule has 2 saturated carbocycles. The molecule has 0 aromatic heterocycles. The molecular weight excluding hydrogens is 282 g/mol. The number of nitrogens with zero attached hydrogens (tertiary/aromatic N) is 1. The lowest BCUT2D eigenvalue weighted by atomic mass is 9.85. The van der Waals surface area contributed by atoms with Gasteiger partial charge < -0.3 is 14.4 Å². The summed E-state index contributed by atoms with van der Waals surface area (Å²) in [5.74, 6) is -0.0907. The van der Waals surface area contributed by atoms with Crippen molar-refractivity contribution in [2.75, 3.05) is 6.61 Å². The third kappa shape index (κ3) is 4.62. The van der Waals surface area contributed by atoms with Crippen LogP contribution in [0.5, 0.6) is 0 Å². The zero-order valence-electron chi connectivity index (χ0n) is 14.3. The third-order valence-corrected chi connectivity index (χ3v) is 4.25. The number of ether oxygens (including phenoxy) is 2. The van der Waals surface area contributed by atoms with Crippen molar-refractivity contribution in [2.45, 2.75) is 83.9 Å². The molecule has 2 fully saturated rings. The summed E-state index contributed by atoms with van der Waals surface area (Å²) in [4.78, 5) is 26.2. The van der Waals surface area contributed by atoms with Crippen LogP contribution in [0, 0.1) is 5.92 Å². The first-order chi connectivity index (χ1) is 10.3. The van der Waals surface area contributed by atoms with Gasteiger partial charge in [0.2, 0.25) is 0 Å². The second-order valence-corrected chi connectivity index (χ2v) is 7.38. The van der Waals surface area contributed by atoms with E-state index in [2.05, 4.69) is 0 Å². The van der Waals surface area contributed by atoms with Crippen molar-refractivity contribution in [3.8, 4) is 0 Å². The average molecular weight is 311 g/mol. The van der Waals surface area contributed by atoms with Crippen molar-refractivity contribution in [3.63, 3.8) is 0 Å². The molecule has 1 amide bonds. The van der Waals surface area contributed by atoms with Gasteiger partial charge in [0.05, 0.1) is 12.5 Å². The summed E-state index contributed by atoms with van der Waals surface area (Å²) >= 11 is 0. The van der Waals surface area contributed by atoms with Gasteiger partial charge in [-0.25, -0.2) is 4.79 Å². The van der Waals surface area contributed by atoms with Crippen LogP contribution >= 0.6 is 0 Å². The molecule has 0 N–H and O–H groups in total. The number of amides is 1. The molecule has 2 aliphatic rings. The van der Waals surface area contributed by atoms with Crippen molar-refractivity contribution in [1.29, 1.82) is 0 Å². The fraction of sp³-hybridized carbons (Fsp3) is 0.882. The van der Waals surface area contributed by atoms with Crippen LogP contribution in [0.2, 0.25) is 0 Å². The molecule has 0 spiro atoms. The molecule has 2 rings (SSSR count). The highest BCUT2D eigenvalue weighted by Gasteiger charge is 2.41. The molecule has 0 aliphatic heterocycles. The molecular formula is C17H29NO4. The molecule has 0 saturated heterocycles. The molecule has 22 heavy (non-hydrogen) atoms. The van der Waals surface area contributed by atoms with Gasteiger partial charge in [-0.2, -0.15) is 0 Å². The third-order valence-electron chi connectivity index (χ3n) is 4.25. The van der Waals surface area contributed by atoms with E-state index in [-0.39, 0.29) is 24.0 Å². The van der Waals surface area contributed by atoms with Crippen LogP contribution in [0.25, 0.3) is 0 Å². The molecule has 5 heteroatoms. The molecule has 0 unspecified atom stereocenters.